The molecule has 3 aliphatic rings. The van der Waals surface area contributed by atoms with E-state index in [1.54, 1.807) is 0 Å². The van der Waals surface area contributed by atoms with Crippen LogP contribution in [0.25, 0.3) is 0 Å². The highest BCUT2D eigenvalue weighted by atomic mass is 16.2. The van der Waals surface area contributed by atoms with Gasteiger partial charge in [0, 0.05) is 39.0 Å². The van der Waals surface area contributed by atoms with Crippen molar-refractivity contribution in [3.63, 3.8) is 0 Å². The first-order valence-electron chi connectivity index (χ1n) is 10.9. The molecule has 0 aromatic carbocycles. The maximum Gasteiger partial charge on any atom is 0.245 e. The monoisotopic (exact) mass is 377 g/mol. The zero-order chi connectivity index (χ0) is 19.2. The van der Waals surface area contributed by atoms with Crippen LogP contribution in [0.15, 0.2) is 0 Å². The molecule has 1 aliphatic carbocycles. The molecule has 2 saturated heterocycles. The predicted octanol–water partition coefficient (Wildman–Crippen LogP) is 2.32. The van der Waals surface area contributed by atoms with Gasteiger partial charge in [0.25, 0.3) is 0 Å². The minimum absolute atomic E-state index is 0.0535. The van der Waals surface area contributed by atoms with Crippen molar-refractivity contribution in [2.45, 2.75) is 77.2 Å². The summed E-state index contributed by atoms with van der Waals surface area (Å²) in [5.74, 6) is 0.526. The normalized spacial score (nSPS) is 23.7. The Hall–Kier alpha value is -1.59. The molecule has 1 saturated carbocycles. The summed E-state index contributed by atoms with van der Waals surface area (Å²) in [5.41, 5.74) is 0. The van der Waals surface area contributed by atoms with Crippen LogP contribution in [0, 0.1) is 11.8 Å². The Morgan fingerprint density at radius 3 is 1.93 bits per heavy atom. The number of carbonyl (C=O) groups excluding carboxylic acids is 3. The van der Waals surface area contributed by atoms with E-state index in [0.29, 0.717) is 19.0 Å². The molecular weight excluding hydrogens is 342 g/mol. The highest BCUT2D eigenvalue weighted by Gasteiger charge is 2.37. The number of carbonyl (C=O) groups is 3. The summed E-state index contributed by atoms with van der Waals surface area (Å²) in [5, 5.41) is 2.91. The predicted molar refractivity (Wildman–Crippen MR) is 104 cm³/mol. The number of nitrogens with one attached hydrogen (secondary N) is 1. The Labute approximate surface area is 163 Å². The quantitative estimate of drug-likeness (QED) is 0.817. The highest BCUT2D eigenvalue weighted by Crippen LogP contribution is 2.30. The van der Waals surface area contributed by atoms with Gasteiger partial charge in [0.1, 0.15) is 6.04 Å². The largest absolute Gasteiger partial charge is 0.344 e. The average molecular weight is 378 g/mol. The summed E-state index contributed by atoms with van der Waals surface area (Å²) in [7, 11) is 0. The van der Waals surface area contributed by atoms with Gasteiger partial charge in [0.15, 0.2) is 0 Å². The first-order valence-corrected chi connectivity index (χ1v) is 10.9. The molecule has 0 bridgehead atoms. The minimum Gasteiger partial charge on any atom is -0.344 e. The van der Waals surface area contributed by atoms with Gasteiger partial charge < -0.3 is 15.1 Å². The van der Waals surface area contributed by atoms with Crippen molar-refractivity contribution in [2.24, 2.45) is 11.8 Å². The van der Waals surface area contributed by atoms with Crippen molar-refractivity contribution in [3.05, 3.63) is 0 Å². The van der Waals surface area contributed by atoms with E-state index in [1.165, 1.54) is 19.8 Å². The van der Waals surface area contributed by atoms with Crippen molar-refractivity contribution in [3.8, 4) is 0 Å². The first kappa shape index (κ1) is 20.2. The van der Waals surface area contributed by atoms with E-state index in [1.807, 2.05) is 9.80 Å². The molecule has 6 heteroatoms. The smallest absolute Gasteiger partial charge is 0.245 e. The molecule has 2 aliphatic heterocycles. The van der Waals surface area contributed by atoms with E-state index in [9.17, 15) is 14.4 Å². The first-order chi connectivity index (χ1) is 13.1. The molecule has 0 spiro atoms. The molecular formula is C21H35N3O3. The third-order valence-corrected chi connectivity index (χ3v) is 6.57. The number of hydrogen-bond donors (Lipinski definition) is 1. The summed E-state index contributed by atoms with van der Waals surface area (Å²) in [6.07, 6.45) is 10.5. The topological polar surface area (TPSA) is 69.7 Å². The van der Waals surface area contributed by atoms with E-state index in [0.717, 1.165) is 64.5 Å². The Balaban J connectivity index is 1.54. The number of amides is 3. The van der Waals surface area contributed by atoms with Crippen LogP contribution in [0.1, 0.15) is 71.1 Å². The maximum atomic E-state index is 13.1. The van der Waals surface area contributed by atoms with Crippen LogP contribution in [-0.2, 0) is 14.4 Å². The van der Waals surface area contributed by atoms with E-state index >= 15 is 0 Å². The second kappa shape index (κ2) is 9.56. The SMILES string of the molecule is CC(=O)NC(C(=O)N1CCC(C(=O)N2CCCCCC2)CC1)C1CCCC1. The number of likely N-dealkylation sites (tertiary alicyclic amines) is 2. The fraction of sp³-hybridized carbons (Fsp3) is 0.857. The molecule has 1 N–H and O–H groups in total. The summed E-state index contributed by atoms with van der Waals surface area (Å²) < 4.78 is 0. The van der Waals surface area contributed by atoms with Gasteiger partial charge in [0.05, 0.1) is 0 Å². The summed E-state index contributed by atoms with van der Waals surface area (Å²) >= 11 is 0. The van der Waals surface area contributed by atoms with Crippen molar-refractivity contribution >= 4 is 17.7 Å². The van der Waals surface area contributed by atoms with Crippen LogP contribution >= 0.6 is 0 Å². The second-order valence-electron chi connectivity index (χ2n) is 8.56. The molecule has 2 heterocycles. The van der Waals surface area contributed by atoms with Crippen molar-refractivity contribution < 1.29 is 14.4 Å². The lowest BCUT2D eigenvalue weighted by molar-refractivity contribution is -0.143. The fourth-order valence-corrected chi connectivity index (χ4v) is 4.98. The third-order valence-electron chi connectivity index (χ3n) is 6.57. The highest BCUT2D eigenvalue weighted by molar-refractivity contribution is 5.87. The maximum absolute atomic E-state index is 13.1. The Morgan fingerprint density at radius 2 is 1.37 bits per heavy atom. The number of rotatable bonds is 4. The minimum atomic E-state index is -0.386. The molecule has 152 valence electrons. The van der Waals surface area contributed by atoms with Crippen LogP contribution in [-0.4, -0.2) is 59.7 Å². The Bertz CT molecular complexity index is 529. The van der Waals surface area contributed by atoms with E-state index in [-0.39, 0.29) is 29.7 Å². The lowest BCUT2D eigenvalue weighted by Crippen LogP contribution is -2.54. The molecule has 3 fully saturated rings. The zero-order valence-electron chi connectivity index (χ0n) is 16.8. The lowest BCUT2D eigenvalue weighted by Gasteiger charge is -2.36. The Kier molecular flexibility index (Phi) is 7.13. The molecule has 27 heavy (non-hydrogen) atoms. The molecule has 1 unspecified atom stereocenters. The average Bonchev–Trinajstić information content (AvgIpc) is 3.07. The molecule has 0 radical (unpaired) electrons. The Morgan fingerprint density at radius 1 is 0.778 bits per heavy atom. The van der Waals surface area contributed by atoms with E-state index < -0.39 is 0 Å². The number of hydrogen-bond acceptors (Lipinski definition) is 3. The van der Waals surface area contributed by atoms with Crippen LogP contribution < -0.4 is 5.32 Å². The van der Waals surface area contributed by atoms with Crippen molar-refractivity contribution in [1.82, 2.24) is 15.1 Å². The second-order valence-corrected chi connectivity index (χ2v) is 8.56. The lowest BCUT2D eigenvalue weighted by atomic mass is 9.92. The summed E-state index contributed by atoms with van der Waals surface area (Å²) in [6, 6.07) is -0.386. The fourth-order valence-electron chi connectivity index (χ4n) is 4.98. The van der Waals surface area contributed by atoms with Gasteiger partial charge in [-0.2, -0.15) is 0 Å². The molecule has 3 amide bonds. The van der Waals surface area contributed by atoms with E-state index in [2.05, 4.69) is 5.32 Å². The van der Waals surface area contributed by atoms with Crippen molar-refractivity contribution in [1.29, 1.82) is 0 Å². The third kappa shape index (κ3) is 5.23. The zero-order valence-corrected chi connectivity index (χ0v) is 16.8. The molecule has 0 aromatic heterocycles. The molecule has 0 aromatic rings. The van der Waals surface area contributed by atoms with Crippen LogP contribution in [0.5, 0.6) is 0 Å². The van der Waals surface area contributed by atoms with Crippen LogP contribution in [0.3, 0.4) is 0 Å². The van der Waals surface area contributed by atoms with Gasteiger partial charge in [-0.1, -0.05) is 25.7 Å². The number of piperidine rings is 1. The summed E-state index contributed by atoms with van der Waals surface area (Å²) in [6.45, 7) is 4.54. The molecule has 3 rings (SSSR count). The standard InChI is InChI=1S/C21H35N3O3/c1-16(25)22-19(17-8-4-5-9-17)21(27)24-14-10-18(11-15-24)20(26)23-12-6-2-3-7-13-23/h17-19H,2-15H2,1H3,(H,22,25). The van der Waals surface area contributed by atoms with Gasteiger partial charge in [-0.05, 0) is 44.4 Å². The summed E-state index contributed by atoms with van der Waals surface area (Å²) in [4.78, 5) is 41.4. The molecule has 1 atom stereocenters. The number of nitrogens with zero attached hydrogens (tertiary/aromatic N) is 2. The van der Waals surface area contributed by atoms with Gasteiger partial charge in [-0.3, -0.25) is 14.4 Å². The molecule has 6 nitrogen and oxygen atoms in total. The van der Waals surface area contributed by atoms with E-state index in [4.69, 9.17) is 0 Å². The van der Waals surface area contributed by atoms with Gasteiger partial charge in [0.2, 0.25) is 17.7 Å². The van der Waals surface area contributed by atoms with Gasteiger partial charge in [-0.15, -0.1) is 0 Å². The van der Waals surface area contributed by atoms with Crippen LogP contribution in [0.2, 0.25) is 0 Å². The van der Waals surface area contributed by atoms with Gasteiger partial charge in [-0.25, -0.2) is 0 Å². The van der Waals surface area contributed by atoms with Crippen LogP contribution in [0.4, 0.5) is 0 Å². The van der Waals surface area contributed by atoms with Gasteiger partial charge >= 0.3 is 0 Å². The van der Waals surface area contributed by atoms with Crippen molar-refractivity contribution in [2.75, 3.05) is 26.2 Å².